The van der Waals surface area contributed by atoms with Gasteiger partial charge in [-0.3, -0.25) is 4.79 Å². The summed E-state index contributed by atoms with van der Waals surface area (Å²) in [6.45, 7) is 2.90. The lowest BCUT2D eigenvalue weighted by atomic mass is 10.1. The highest BCUT2D eigenvalue weighted by Crippen LogP contribution is 2.07. The van der Waals surface area contributed by atoms with Gasteiger partial charge in [0.1, 0.15) is 19.0 Å². The van der Waals surface area contributed by atoms with Crippen molar-refractivity contribution in [2.45, 2.75) is 18.9 Å². The number of hydrogen-bond donors (Lipinski definition) is 2. The molecule has 0 spiro atoms. The van der Waals surface area contributed by atoms with Crippen molar-refractivity contribution >= 4 is 5.91 Å². The fraction of sp³-hybridized carbons (Fsp3) is 0.533. The molecule has 1 fully saturated rings. The zero-order valence-corrected chi connectivity index (χ0v) is 11.6. The Morgan fingerprint density at radius 1 is 1.20 bits per heavy atom. The van der Waals surface area contributed by atoms with E-state index in [1.165, 1.54) is 0 Å². The van der Waals surface area contributed by atoms with Gasteiger partial charge in [-0.1, -0.05) is 18.2 Å². The Morgan fingerprint density at radius 2 is 1.95 bits per heavy atom. The molecule has 1 aromatic rings. The molecule has 2 rings (SSSR count). The fourth-order valence-electron chi connectivity index (χ4n) is 2.14. The van der Waals surface area contributed by atoms with E-state index in [1.54, 1.807) is 0 Å². The molecule has 1 aliphatic rings. The smallest absolute Gasteiger partial charge is 0.246 e. The fourth-order valence-corrected chi connectivity index (χ4v) is 2.14. The average Bonchev–Trinajstić information content (AvgIpc) is 2.49. The molecule has 5 nitrogen and oxygen atoms in total. The molecular formula is C15H22N2O3. The Labute approximate surface area is 119 Å². The number of amides is 1. The lowest BCUT2D eigenvalue weighted by Crippen LogP contribution is -2.44. The molecule has 1 heterocycles. The van der Waals surface area contributed by atoms with Gasteiger partial charge in [-0.2, -0.15) is 0 Å². The second-order valence-corrected chi connectivity index (χ2v) is 4.81. The van der Waals surface area contributed by atoms with Gasteiger partial charge >= 0.3 is 0 Å². The minimum Gasteiger partial charge on any atom is -0.491 e. The molecule has 0 bridgehead atoms. The van der Waals surface area contributed by atoms with Crippen LogP contribution in [0.3, 0.4) is 0 Å². The average molecular weight is 278 g/mol. The third kappa shape index (κ3) is 5.59. The van der Waals surface area contributed by atoms with Gasteiger partial charge in [0, 0.05) is 6.04 Å². The second kappa shape index (κ2) is 8.55. The first-order chi connectivity index (χ1) is 9.84. The summed E-state index contributed by atoms with van der Waals surface area (Å²) in [7, 11) is 0. The minimum atomic E-state index is -0.0448. The van der Waals surface area contributed by atoms with Crippen LogP contribution in [0.2, 0.25) is 0 Å². The van der Waals surface area contributed by atoms with Crippen LogP contribution in [0.4, 0.5) is 0 Å². The van der Waals surface area contributed by atoms with Crippen LogP contribution in [0.5, 0.6) is 5.75 Å². The summed E-state index contributed by atoms with van der Waals surface area (Å²) in [5, 5.41) is 6.25. The first-order valence-corrected chi connectivity index (χ1v) is 7.10. The molecule has 110 valence electrons. The molecule has 20 heavy (non-hydrogen) atoms. The van der Waals surface area contributed by atoms with Crippen LogP contribution in [0.1, 0.15) is 12.8 Å². The maximum atomic E-state index is 11.6. The number of carbonyl (C=O) groups is 1. The Hall–Kier alpha value is -1.59. The Bertz CT molecular complexity index is 391. The third-order valence-electron chi connectivity index (χ3n) is 3.18. The van der Waals surface area contributed by atoms with Gasteiger partial charge in [0.2, 0.25) is 5.91 Å². The summed E-state index contributed by atoms with van der Waals surface area (Å²) in [6, 6.07) is 9.85. The number of piperidine rings is 1. The highest BCUT2D eigenvalue weighted by Gasteiger charge is 2.14. The Kier molecular flexibility index (Phi) is 6.34. The number of benzene rings is 1. The van der Waals surface area contributed by atoms with E-state index in [0.29, 0.717) is 13.2 Å². The maximum absolute atomic E-state index is 11.6. The summed E-state index contributed by atoms with van der Waals surface area (Å²) >= 11 is 0. The predicted octanol–water partition coefficient (Wildman–Crippen LogP) is 0.950. The van der Waals surface area contributed by atoms with Gasteiger partial charge < -0.3 is 20.1 Å². The third-order valence-corrected chi connectivity index (χ3v) is 3.18. The number of para-hydroxylation sites is 1. The number of rotatable bonds is 7. The molecule has 5 heteroatoms. The summed E-state index contributed by atoms with van der Waals surface area (Å²) in [5.74, 6) is 0.770. The molecule has 1 aliphatic heterocycles. The molecule has 0 unspecified atom stereocenters. The van der Waals surface area contributed by atoms with Gasteiger partial charge in [-0.25, -0.2) is 0 Å². The molecular weight excluding hydrogens is 256 g/mol. The number of hydrogen-bond acceptors (Lipinski definition) is 4. The summed E-state index contributed by atoms with van der Waals surface area (Å²) in [6.07, 6.45) is 1.98. The molecule has 2 N–H and O–H groups in total. The van der Waals surface area contributed by atoms with Gasteiger partial charge in [0.15, 0.2) is 0 Å². The van der Waals surface area contributed by atoms with Crippen molar-refractivity contribution in [3.63, 3.8) is 0 Å². The monoisotopic (exact) mass is 278 g/mol. The number of carbonyl (C=O) groups excluding carboxylic acids is 1. The quantitative estimate of drug-likeness (QED) is 0.729. The van der Waals surface area contributed by atoms with Gasteiger partial charge in [-0.15, -0.1) is 0 Å². The van der Waals surface area contributed by atoms with Gasteiger partial charge in [-0.05, 0) is 38.1 Å². The van der Waals surface area contributed by atoms with Crippen molar-refractivity contribution in [1.82, 2.24) is 10.6 Å². The molecule has 0 aliphatic carbocycles. The molecule has 0 saturated carbocycles. The van der Waals surface area contributed by atoms with Crippen molar-refractivity contribution in [1.29, 1.82) is 0 Å². The Balaban J connectivity index is 1.51. The van der Waals surface area contributed by atoms with E-state index in [9.17, 15) is 4.79 Å². The summed E-state index contributed by atoms with van der Waals surface area (Å²) in [5.41, 5.74) is 0. The standard InChI is InChI=1S/C15H22N2O3/c18-15(17-13-6-8-16-9-7-13)12-19-10-11-20-14-4-2-1-3-5-14/h1-5,13,16H,6-12H2,(H,17,18). The van der Waals surface area contributed by atoms with Gasteiger partial charge in [0.05, 0.1) is 6.61 Å². The molecule has 1 aromatic carbocycles. The van der Waals surface area contributed by atoms with Crippen molar-refractivity contribution in [3.05, 3.63) is 30.3 Å². The Morgan fingerprint density at radius 3 is 2.70 bits per heavy atom. The van der Waals surface area contributed by atoms with Crippen molar-refractivity contribution in [3.8, 4) is 5.75 Å². The zero-order chi connectivity index (χ0) is 14.0. The summed E-state index contributed by atoms with van der Waals surface area (Å²) < 4.78 is 10.8. The molecule has 1 saturated heterocycles. The van der Waals surface area contributed by atoms with Crippen LogP contribution in [-0.4, -0.2) is 44.9 Å². The van der Waals surface area contributed by atoms with Gasteiger partial charge in [0.25, 0.3) is 0 Å². The normalized spacial score (nSPS) is 15.8. The van der Waals surface area contributed by atoms with E-state index in [0.717, 1.165) is 31.7 Å². The van der Waals surface area contributed by atoms with Crippen LogP contribution >= 0.6 is 0 Å². The highest BCUT2D eigenvalue weighted by atomic mass is 16.5. The first kappa shape index (κ1) is 14.8. The van der Waals surface area contributed by atoms with Crippen molar-refractivity contribution in [2.75, 3.05) is 32.9 Å². The van der Waals surface area contributed by atoms with Crippen LogP contribution in [-0.2, 0) is 9.53 Å². The van der Waals surface area contributed by atoms with E-state index in [2.05, 4.69) is 10.6 Å². The molecule has 1 amide bonds. The largest absolute Gasteiger partial charge is 0.491 e. The zero-order valence-electron chi connectivity index (χ0n) is 11.6. The topological polar surface area (TPSA) is 59.6 Å². The predicted molar refractivity (Wildman–Crippen MR) is 76.8 cm³/mol. The second-order valence-electron chi connectivity index (χ2n) is 4.81. The maximum Gasteiger partial charge on any atom is 0.246 e. The van der Waals surface area contributed by atoms with Crippen LogP contribution in [0, 0.1) is 0 Å². The summed E-state index contributed by atoms with van der Waals surface area (Å²) in [4.78, 5) is 11.6. The molecule has 0 atom stereocenters. The van der Waals surface area contributed by atoms with Crippen LogP contribution in [0.25, 0.3) is 0 Å². The van der Waals surface area contributed by atoms with E-state index < -0.39 is 0 Å². The lowest BCUT2D eigenvalue weighted by Gasteiger charge is -2.23. The van der Waals surface area contributed by atoms with E-state index in [-0.39, 0.29) is 18.6 Å². The molecule has 0 radical (unpaired) electrons. The van der Waals surface area contributed by atoms with E-state index in [1.807, 2.05) is 30.3 Å². The molecule has 0 aromatic heterocycles. The minimum absolute atomic E-state index is 0.0448. The van der Waals surface area contributed by atoms with E-state index >= 15 is 0 Å². The highest BCUT2D eigenvalue weighted by molar-refractivity contribution is 5.77. The number of nitrogens with one attached hydrogen (secondary N) is 2. The van der Waals surface area contributed by atoms with Crippen molar-refractivity contribution < 1.29 is 14.3 Å². The SMILES string of the molecule is O=C(COCCOc1ccccc1)NC1CCNCC1. The van der Waals surface area contributed by atoms with Crippen LogP contribution < -0.4 is 15.4 Å². The van der Waals surface area contributed by atoms with Crippen LogP contribution in [0.15, 0.2) is 30.3 Å². The lowest BCUT2D eigenvalue weighted by molar-refractivity contribution is -0.126. The van der Waals surface area contributed by atoms with Crippen molar-refractivity contribution in [2.24, 2.45) is 0 Å². The van der Waals surface area contributed by atoms with E-state index in [4.69, 9.17) is 9.47 Å². The number of ether oxygens (including phenoxy) is 2. The first-order valence-electron chi connectivity index (χ1n) is 7.10.